The summed E-state index contributed by atoms with van der Waals surface area (Å²) >= 11 is 4.52. The Balaban J connectivity index is 1.99. The predicted octanol–water partition coefficient (Wildman–Crippen LogP) is 3.23. The van der Waals surface area contributed by atoms with E-state index in [-0.39, 0.29) is 5.56 Å². The Morgan fingerprint density at radius 3 is 3.05 bits per heavy atom. The molecule has 7 heteroatoms. The van der Waals surface area contributed by atoms with Gasteiger partial charge in [0.05, 0.1) is 5.52 Å². The third kappa shape index (κ3) is 2.45. The van der Waals surface area contributed by atoms with E-state index in [4.69, 9.17) is 0 Å². The van der Waals surface area contributed by atoms with Crippen LogP contribution in [0, 0.1) is 0 Å². The van der Waals surface area contributed by atoms with Crippen LogP contribution in [0.5, 0.6) is 0 Å². The summed E-state index contributed by atoms with van der Waals surface area (Å²) in [7, 11) is 0. The Bertz CT molecular complexity index is 745. The molecular weight excluding hydrogens is 298 g/mol. The van der Waals surface area contributed by atoms with Gasteiger partial charge in [0.2, 0.25) is 0 Å². The second kappa shape index (κ2) is 5.44. The number of aromatic nitrogens is 3. The Hall–Kier alpha value is -1.18. The highest BCUT2D eigenvalue weighted by Gasteiger charge is 2.11. The maximum atomic E-state index is 12.3. The summed E-state index contributed by atoms with van der Waals surface area (Å²) in [6.07, 6.45) is 1.79. The van der Waals surface area contributed by atoms with Crippen LogP contribution in [-0.2, 0) is 12.3 Å². The predicted molar refractivity (Wildman–Crippen MR) is 81.2 cm³/mol. The molecule has 0 saturated carbocycles. The highest BCUT2D eigenvalue weighted by molar-refractivity contribution is 7.98. The molecule has 0 unspecified atom stereocenters. The summed E-state index contributed by atoms with van der Waals surface area (Å²) in [4.78, 5) is 18.1. The zero-order chi connectivity index (χ0) is 13.2. The molecule has 0 fully saturated rings. The van der Waals surface area contributed by atoms with E-state index in [1.807, 2.05) is 24.4 Å². The lowest BCUT2D eigenvalue weighted by molar-refractivity contribution is 0.635. The number of hydrogen-bond donors (Lipinski definition) is 0. The van der Waals surface area contributed by atoms with Gasteiger partial charge in [-0.3, -0.25) is 9.36 Å². The average Bonchev–Trinajstić information content (AvgIpc) is 3.07. The van der Waals surface area contributed by atoms with Crippen LogP contribution in [0.2, 0.25) is 0 Å². The van der Waals surface area contributed by atoms with Gasteiger partial charge in [0, 0.05) is 23.4 Å². The zero-order valence-corrected chi connectivity index (χ0v) is 12.6. The van der Waals surface area contributed by atoms with Gasteiger partial charge in [-0.15, -0.1) is 11.3 Å². The third-order valence-electron chi connectivity index (χ3n) is 2.68. The van der Waals surface area contributed by atoms with Crippen molar-refractivity contribution < 1.29 is 0 Å². The van der Waals surface area contributed by atoms with Gasteiger partial charge in [0.15, 0.2) is 5.16 Å². The number of fused-ring (bicyclic) bond motifs is 1. The summed E-state index contributed by atoms with van der Waals surface area (Å²) in [5.41, 5.74) is 0.862. The summed E-state index contributed by atoms with van der Waals surface area (Å²) in [5.74, 6) is 0.798. The third-order valence-corrected chi connectivity index (χ3v) is 5.52. The second-order valence-corrected chi connectivity index (χ2v) is 6.62. The molecule has 0 spiro atoms. The van der Waals surface area contributed by atoms with Crippen molar-refractivity contribution in [3.8, 4) is 0 Å². The largest absolute Gasteiger partial charge is 0.287 e. The molecule has 0 saturated heterocycles. The van der Waals surface area contributed by atoms with E-state index in [0.29, 0.717) is 6.54 Å². The van der Waals surface area contributed by atoms with Crippen LogP contribution in [0.1, 0.15) is 11.8 Å². The Kier molecular flexibility index (Phi) is 3.67. The van der Waals surface area contributed by atoms with Crippen molar-refractivity contribution in [2.45, 2.75) is 24.4 Å². The van der Waals surface area contributed by atoms with Crippen molar-refractivity contribution in [2.24, 2.45) is 0 Å². The summed E-state index contributed by atoms with van der Waals surface area (Å²) in [6.45, 7) is 2.62. The standard InChI is InChI=1S/C12H11N3OS3/c1-2-15-11(16)10-9(4-6-17-10)14-12(15)18-7-8-3-5-13-19-8/h3-6H,2,7H2,1H3. The van der Waals surface area contributed by atoms with E-state index < -0.39 is 0 Å². The molecule has 0 aliphatic rings. The molecule has 3 rings (SSSR count). The Morgan fingerprint density at radius 1 is 1.42 bits per heavy atom. The summed E-state index contributed by atoms with van der Waals surface area (Å²) in [5, 5.41) is 2.70. The Labute approximate surface area is 122 Å². The second-order valence-electron chi connectivity index (χ2n) is 3.85. The van der Waals surface area contributed by atoms with Gasteiger partial charge in [-0.1, -0.05) is 11.8 Å². The quantitative estimate of drug-likeness (QED) is 0.548. The molecule has 0 aliphatic heterocycles. The first kappa shape index (κ1) is 12.8. The van der Waals surface area contributed by atoms with E-state index in [1.165, 1.54) is 27.7 Å². The van der Waals surface area contributed by atoms with Crippen molar-refractivity contribution in [3.63, 3.8) is 0 Å². The van der Waals surface area contributed by atoms with E-state index in [9.17, 15) is 4.79 Å². The molecule has 0 amide bonds. The first-order valence-electron chi connectivity index (χ1n) is 5.80. The average molecular weight is 309 g/mol. The van der Waals surface area contributed by atoms with Gasteiger partial charge >= 0.3 is 0 Å². The van der Waals surface area contributed by atoms with Crippen molar-refractivity contribution in [2.75, 3.05) is 0 Å². The highest BCUT2D eigenvalue weighted by Crippen LogP contribution is 2.24. The van der Waals surface area contributed by atoms with E-state index in [0.717, 1.165) is 21.1 Å². The molecule has 19 heavy (non-hydrogen) atoms. The molecule has 0 bridgehead atoms. The van der Waals surface area contributed by atoms with E-state index in [1.54, 1.807) is 22.5 Å². The lowest BCUT2D eigenvalue weighted by atomic mass is 10.5. The topological polar surface area (TPSA) is 47.8 Å². The van der Waals surface area contributed by atoms with Crippen molar-refractivity contribution in [1.82, 2.24) is 13.9 Å². The monoisotopic (exact) mass is 309 g/mol. The number of hydrogen-bond acceptors (Lipinski definition) is 6. The zero-order valence-electron chi connectivity index (χ0n) is 10.2. The van der Waals surface area contributed by atoms with Crippen molar-refractivity contribution in [3.05, 3.63) is 38.9 Å². The Morgan fingerprint density at radius 2 is 2.32 bits per heavy atom. The first-order valence-corrected chi connectivity index (χ1v) is 8.44. The number of thiophene rings is 1. The summed E-state index contributed by atoms with van der Waals surface area (Å²) < 4.78 is 6.56. The fraction of sp³-hybridized carbons (Fsp3) is 0.250. The normalized spacial score (nSPS) is 11.2. The van der Waals surface area contributed by atoms with Gasteiger partial charge in [0.1, 0.15) is 4.70 Å². The maximum Gasteiger partial charge on any atom is 0.272 e. The van der Waals surface area contributed by atoms with Gasteiger partial charge < -0.3 is 0 Å². The molecule has 3 heterocycles. The lowest BCUT2D eigenvalue weighted by Gasteiger charge is -2.08. The van der Waals surface area contributed by atoms with Crippen LogP contribution < -0.4 is 5.56 Å². The molecule has 0 aliphatic carbocycles. The van der Waals surface area contributed by atoms with Crippen LogP contribution >= 0.6 is 34.6 Å². The fourth-order valence-corrected chi connectivity index (χ4v) is 4.21. The number of rotatable bonds is 4. The van der Waals surface area contributed by atoms with Crippen LogP contribution in [0.25, 0.3) is 10.2 Å². The molecule has 3 aromatic rings. The number of nitrogens with zero attached hydrogens (tertiary/aromatic N) is 3. The van der Waals surface area contributed by atoms with Gasteiger partial charge in [-0.25, -0.2) is 9.36 Å². The molecule has 0 atom stereocenters. The summed E-state index contributed by atoms with van der Waals surface area (Å²) in [6, 6.07) is 3.90. The van der Waals surface area contributed by atoms with Crippen LogP contribution in [0.4, 0.5) is 0 Å². The molecule has 98 valence electrons. The lowest BCUT2D eigenvalue weighted by Crippen LogP contribution is -2.21. The first-order chi connectivity index (χ1) is 9.29. The van der Waals surface area contributed by atoms with Crippen LogP contribution in [0.15, 0.2) is 33.7 Å². The molecule has 3 aromatic heterocycles. The van der Waals surface area contributed by atoms with Gasteiger partial charge in [-0.2, -0.15) is 0 Å². The smallest absolute Gasteiger partial charge is 0.272 e. The van der Waals surface area contributed by atoms with Gasteiger partial charge in [-0.05, 0) is 36.0 Å². The molecule has 0 N–H and O–H groups in total. The van der Waals surface area contributed by atoms with E-state index >= 15 is 0 Å². The number of thioether (sulfide) groups is 1. The van der Waals surface area contributed by atoms with Crippen molar-refractivity contribution in [1.29, 1.82) is 0 Å². The highest BCUT2D eigenvalue weighted by atomic mass is 32.2. The van der Waals surface area contributed by atoms with Crippen LogP contribution in [-0.4, -0.2) is 13.9 Å². The van der Waals surface area contributed by atoms with E-state index in [2.05, 4.69) is 9.36 Å². The minimum atomic E-state index is 0.0642. The maximum absolute atomic E-state index is 12.3. The minimum Gasteiger partial charge on any atom is -0.287 e. The molecule has 0 aromatic carbocycles. The molecule has 4 nitrogen and oxygen atoms in total. The minimum absolute atomic E-state index is 0.0642. The SMILES string of the molecule is CCn1c(SCc2ccns2)nc2ccsc2c1=O. The van der Waals surface area contributed by atoms with Gasteiger partial charge in [0.25, 0.3) is 5.56 Å². The molecule has 0 radical (unpaired) electrons. The fourth-order valence-electron chi connectivity index (χ4n) is 1.76. The molecular formula is C12H11N3OS3. The van der Waals surface area contributed by atoms with Crippen molar-refractivity contribution >= 4 is 44.8 Å². The van der Waals surface area contributed by atoms with Crippen LogP contribution in [0.3, 0.4) is 0 Å².